The molecule has 3 rings (SSSR count). The lowest BCUT2D eigenvalue weighted by Crippen LogP contribution is -2.42. The quantitative estimate of drug-likeness (QED) is 0.728. The van der Waals surface area contributed by atoms with Gasteiger partial charge in [-0.2, -0.15) is 0 Å². The van der Waals surface area contributed by atoms with Crippen LogP contribution in [-0.4, -0.2) is 18.7 Å². The van der Waals surface area contributed by atoms with Gasteiger partial charge >= 0.3 is 0 Å². The van der Waals surface area contributed by atoms with Crippen LogP contribution in [0.1, 0.15) is 50.2 Å². The van der Waals surface area contributed by atoms with Crippen molar-refractivity contribution in [2.24, 2.45) is 0 Å². The molecule has 128 valence electrons. The van der Waals surface area contributed by atoms with E-state index in [1.54, 1.807) is 0 Å². The standard InChI is InChI=1S/C22H29NO/c1-3-22(4-2)16-19(20-12-8-9-13-21(20)24-22)17-23-15-14-18-10-6-5-7-11-18/h5-13,19,23H,3-4,14-17H2,1-2H3. The number of ether oxygens (including phenoxy) is 1. The Kier molecular flexibility index (Phi) is 5.57. The van der Waals surface area contributed by atoms with E-state index < -0.39 is 0 Å². The lowest BCUT2D eigenvalue weighted by Gasteiger charge is -2.41. The van der Waals surface area contributed by atoms with E-state index in [2.05, 4.69) is 73.8 Å². The molecule has 0 aromatic heterocycles. The molecule has 1 aliphatic heterocycles. The van der Waals surface area contributed by atoms with Crippen molar-refractivity contribution in [3.8, 4) is 5.75 Å². The molecule has 1 atom stereocenters. The molecule has 0 amide bonds. The number of nitrogens with one attached hydrogen (secondary N) is 1. The van der Waals surface area contributed by atoms with E-state index in [-0.39, 0.29) is 5.60 Å². The minimum atomic E-state index is 0.000129. The van der Waals surface area contributed by atoms with Crippen molar-refractivity contribution in [3.63, 3.8) is 0 Å². The van der Waals surface area contributed by atoms with Crippen LogP contribution in [0.5, 0.6) is 5.75 Å². The lowest BCUT2D eigenvalue weighted by molar-refractivity contribution is 0.0275. The van der Waals surface area contributed by atoms with Gasteiger partial charge in [0, 0.05) is 12.5 Å². The summed E-state index contributed by atoms with van der Waals surface area (Å²) in [6.45, 7) is 6.54. The minimum absolute atomic E-state index is 0.000129. The Morgan fingerprint density at radius 2 is 1.71 bits per heavy atom. The van der Waals surface area contributed by atoms with E-state index in [1.165, 1.54) is 11.1 Å². The van der Waals surface area contributed by atoms with E-state index >= 15 is 0 Å². The number of fused-ring (bicyclic) bond motifs is 1. The van der Waals surface area contributed by atoms with Crippen LogP contribution in [-0.2, 0) is 6.42 Å². The summed E-state index contributed by atoms with van der Waals surface area (Å²) in [6.07, 6.45) is 4.32. The predicted molar refractivity (Wildman–Crippen MR) is 101 cm³/mol. The van der Waals surface area contributed by atoms with Crippen molar-refractivity contribution in [2.45, 2.75) is 51.0 Å². The van der Waals surface area contributed by atoms with Crippen LogP contribution >= 0.6 is 0 Å². The highest BCUT2D eigenvalue weighted by Gasteiger charge is 2.37. The Labute approximate surface area is 146 Å². The van der Waals surface area contributed by atoms with E-state index in [0.717, 1.165) is 44.5 Å². The minimum Gasteiger partial charge on any atom is -0.487 e. The average molecular weight is 323 g/mol. The largest absolute Gasteiger partial charge is 0.487 e. The van der Waals surface area contributed by atoms with Gasteiger partial charge in [-0.3, -0.25) is 0 Å². The number of para-hydroxylation sites is 1. The van der Waals surface area contributed by atoms with Crippen molar-refractivity contribution in [1.82, 2.24) is 5.32 Å². The van der Waals surface area contributed by atoms with Crippen LogP contribution in [0.25, 0.3) is 0 Å². The Bertz CT molecular complexity index is 633. The molecular weight excluding hydrogens is 294 g/mol. The summed E-state index contributed by atoms with van der Waals surface area (Å²) >= 11 is 0. The molecule has 24 heavy (non-hydrogen) atoms. The van der Waals surface area contributed by atoms with Crippen LogP contribution in [0.4, 0.5) is 0 Å². The Morgan fingerprint density at radius 3 is 2.46 bits per heavy atom. The first kappa shape index (κ1) is 17.0. The molecule has 0 saturated heterocycles. The summed E-state index contributed by atoms with van der Waals surface area (Å²) in [6, 6.07) is 19.3. The van der Waals surface area contributed by atoms with Crippen LogP contribution in [0.2, 0.25) is 0 Å². The number of rotatable bonds is 7. The van der Waals surface area contributed by atoms with Gasteiger partial charge in [-0.05, 0) is 49.4 Å². The smallest absolute Gasteiger partial charge is 0.123 e. The van der Waals surface area contributed by atoms with Crippen molar-refractivity contribution in [3.05, 3.63) is 65.7 Å². The molecule has 2 nitrogen and oxygen atoms in total. The highest BCUT2D eigenvalue weighted by atomic mass is 16.5. The normalized spacial score (nSPS) is 18.7. The summed E-state index contributed by atoms with van der Waals surface area (Å²) < 4.78 is 6.40. The molecule has 0 bridgehead atoms. The first-order valence-corrected chi connectivity index (χ1v) is 9.29. The molecule has 0 saturated carbocycles. The summed E-state index contributed by atoms with van der Waals surface area (Å²) in [5.41, 5.74) is 2.76. The van der Waals surface area contributed by atoms with Crippen molar-refractivity contribution in [2.75, 3.05) is 13.1 Å². The summed E-state index contributed by atoms with van der Waals surface area (Å²) in [5.74, 6) is 1.62. The molecule has 2 heteroatoms. The third-order valence-corrected chi connectivity index (χ3v) is 5.42. The number of hydrogen-bond acceptors (Lipinski definition) is 2. The van der Waals surface area contributed by atoms with Gasteiger partial charge in [-0.25, -0.2) is 0 Å². The monoisotopic (exact) mass is 323 g/mol. The van der Waals surface area contributed by atoms with Crippen LogP contribution in [0, 0.1) is 0 Å². The molecule has 0 spiro atoms. The topological polar surface area (TPSA) is 21.3 Å². The first-order valence-electron chi connectivity index (χ1n) is 9.29. The molecule has 1 aliphatic rings. The van der Waals surface area contributed by atoms with Crippen LogP contribution in [0.3, 0.4) is 0 Å². The predicted octanol–water partition coefficient (Wildman–Crippen LogP) is 4.94. The van der Waals surface area contributed by atoms with E-state index in [1.807, 2.05) is 0 Å². The molecule has 1 N–H and O–H groups in total. The second-order valence-corrected chi connectivity index (χ2v) is 6.87. The zero-order valence-corrected chi connectivity index (χ0v) is 14.9. The zero-order valence-electron chi connectivity index (χ0n) is 14.9. The third kappa shape index (κ3) is 3.81. The maximum atomic E-state index is 6.40. The molecule has 1 unspecified atom stereocenters. The average Bonchev–Trinajstić information content (AvgIpc) is 2.65. The molecular formula is C22H29NO. The Hall–Kier alpha value is -1.80. The summed E-state index contributed by atoms with van der Waals surface area (Å²) in [4.78, 5) is 0. The Balaban J connectivity index is 1.63. The van der Waals surface area contributed by atoms with Crippen LogP contribution < -0.4 is 10.1 Å². The molecule has 2 aromatic carbocycles. The maximum Gasteiger partial charge on any atom is 0.123 e. The highest BCUT2D eigenvalue weighted by molar-refractivity contribution is 5.39. The Morgan fingerprint density at radius 1 is 1.00 bits per heavy atom. The van der Waals surface area contributed by atoms with Gasteiger partial charge in [-0.15, -0.1) is 0 Å². The zero-order chi connectivity index (χ0) is 16.8. The molecule has 0 fully saturated rings. The summed E-state index contributed by atoms with van der Waals surface area (Å²) in [7, 11) is 0. The van der Waals surface area contributed by atoms with Crippen molar-refractivity contribution < 1.29 is 4.74 Å². The lowest BCUT2D eigenvalue weighted by atomic mass is 9.79. The second-order valence-electron chi connectivity index (χ2n) is 6.87. The fourth-order valence-electron chi connectivity index (χ4n) is 3.76. The molecule has 2 aromatic rings. The van der Waals surface area contributed by atoms with E-state index in [9.17, 15) is 0 Å². The SMILES string of the molecule is CCC1(CC)CC(CNCCc2ccccc2)c2ccccc2O1. The van der Waals surface area contributed by atoms with E-state index in [0.29, 0.717) is 5.92 Å². The number of hydrogen-bond donors (Lipinski definition) is 1. The fourth-order valence-corrected chi connectivity index (χ4v) is 3.76. The highest BCUT2D eigenvalue weighted by Crippen LogP contribution is 2.43. The van der Waals surface area contributed by atoms with Gasteiger partial charge < -0.3 is 10.1 Å². The van der Waals surface area contributed by atoms with Crippen LogP contribution in [0.15, 0.2) is 54.6 Å². The first-order chi connectivity index (χ1) is 11.8. The molecule has 0 aliphatic carbocycles. The van der Waals surface area contributed by atoms with Gasteiger partial charge in [0.1, 0.15) is 11.4 Å². The van der Waals surface area contributed by atoms with Crippen molar-refractivity contribution in [1.29, 1.82) is 0 Å². The number of benzene rings is 2. The maximum absolute atomic E-state index is 6.40. The van der Waals surface area contributed by atoms with Gasteiger partial charge in [0.2, 0.25) is 0 Å². The summed E-state index contributed by atoms with van der Waals surface area (Å²) in [5, 5.41) is 3.67. The van der Waals surface area contributed by atoms with Gasteiger partial charge in [0.05, 0.1) is 0 Å². The van der Waals surface area contributed by atoms with Crippen molar-refractivity contribution >= 4 is 0 Å². The van der Waals surface area contributed by atoms with E-state index in [4.69, 9.17) is 4.74 Å². The fraction of sp³-hybridized carbons (Fsp3) is 0.455. The third-order valence-electron chi connectivity index (χ3n) is 5.42. The van der Waals surface area contributed by atoms with Gasteiger partial charge in [0.25, 0.3) is 0 Å². The van der Waals surface area contributed by atoms with Gasteiger partial charge in [-0.1, -0.05) is 62.4 Å². The molecule has 0 radical (unpaired) electrons. The molecule has 1 heterocycles. The van der Waals surface area contributed by atoms with Gasteiger partial charge in [0.15, 0.2) is 0 Å². The second kappa shape index (κ2) is 7.85.